The zero-order chi connectivity index (χ0) is 21.0. The third kappa shape index (κ3) is 4.97. The molecule has 1 aromatic carbocycles. The van der Waals surface area contributed by atoms with Crippen molar-refractivity contribution in [2.75, 3.05) is 26.2 Å². The fraction of sp³-hybridized carbons (Fsp3) is 0.400. The molecule has 154 valence electrons. The van der Waals surface area contributed by atoms with Crippen LogP contribution in [0.4, 0.5) is 0 Å². The van der Waals surface area contributed by atoms with Crippen LogP contribution in [0.25, 0.3) is 0 Å². The highest BCUT2D eigenvalue weighted by Crippen LogP contribution is 2.23. The Balaban J connectivity index is 1.65. The van der Waals surface area contributed by atoms with Crippen LogP contribution in [-0.2, 0) is 6.54 Å². The van der Waals surface area contributed by atoms with Gasteiger partial charge in [0.1, 0.15) is 5.69 Å². The Morgan fingerprint density at radius 1 is 1.00 bits per heavy atom. The van der Waals surface area contributed by atoms with Gasteiger partial charge in [-0.2, -0.15) is 5.10 Å². The van der Waals surface area contributed by atoms with E-state index in [-0.39, 0.29) is 23.1 Å². The number of aryl methyl sites for hydroxylation is 1. The molecule has 1 saturated heterocycles. The van der Waals surface area contributed by atoms with E-state index in [0.717, 1.165) is 12.8 Å². The maximum atomic E-state index is 12.8. The zero-order valence-electron chi connectivity index (χ0n) is 16.1. The van der Waals surface area contributed by atoms with Crippen LogP contribution in [0.5, 0.6) is 0 Å². The number of carbonyl (C=O) groups excluding carboxylic acids is 2. The average Bonchev–Trinajstić information content (AvgIpc) is 2.72. The van der Waals surface area contributed by atoms with Gasteiger partial charge in [-0.15, -0.1) is 0 Å². The first-order chi connectivity index (χ1) is 13.9. The van der Waals surface area contributed by atoms with E-state index in [9.17, 15) is 14.4 Å². The molecule has 2 amide bonds. The lowest BCUT2D eigenvalue weighted by Crippen LogP contribution is -2.51. The van der Waals surface area contributed by atoms with Crippen molar-refractivity contribution in [1.29, 1.82) is 0 Å². The van der Waals surface area contributed by atoms with Gasteiger partial charge in [-0.1, -0.05) is 36.5 Å². The van der Waals surface area contributed by atoms with Gasteiger partial charge in [0.25, 0.3) is 17.4 Å². The molecule has 0 radical (unpaired) electrons. The second-order valence-electron chi connectivity index (χ2n) is 6.84. The van der Waals surface area contributed by atoms with E-state index in [4.69, 9.17) is 23.2 Å². The van der Waals surface area contributed by atoms with E-state index >= 15 is 0 Å². The second kappa shape index (κ2) is 9.41. The van der Waals surface area contributed by atoms with Gasteiger partial charge in [0, 0.05) is 43.8 Å². The lowest BCUT2D eigenvalue weighted by atomic mass is 10.1. The highest BCUT2D eigenvalue weighted by molar-refractivity contribution is 6.36. The summed E-state index contributed by atoms with van der Waals surface area (Å²) in [5.41, 5.74) is 0.409. The van der Waals surface area contributed by atoms with Crippen LogP contribution in [0, 0.1) is 0 Å². The Morgan fingerprint density at radius 2 is 1.66 bits per heavy atom. The third-order valence-corrected chi connectivity index (χ3v) is 5.37. The van der Waals surface area contributed by atoms with Crippen molar-refractivity contribution in [3.63, 3.8) is 0 Å². The highest BCUT2D eigenvalue weighted by Gasteiger charge is 2.27. The summed E-state index contributed by atoms with van der Waals surface area (Å²) in [6, 6.07) is 7.60. The van der Waals surface area contributed by atoms with Crippen LogP contribution in [-0.4, -0.2) is 57.6 Å². The van der Waals surface area contributed by atoms with Crippen molar-refractivity contribution in [3.8, 4) is 0 Å². The van der Waals surface area contributed by atoms with E-state index in [0.29, 0.717) is 48.3 Å². The molecule has 0 spiro atoms. The molecule has 1 aliphatic rings. The summed E-state index contributed by atoms with van der Waals surface area (Å²) in [5, 5.41) is 4.98. The number of rotatable bonds is 5. The van der Waals surface area contributed by atoms with Crippen molar-refractivity contribution in [1.82, 2.24) is 19.6 Å². The summed E-state index contributed by atoms with van der Waals surface area (Å²) in [6.07, 6.45) is 1.75. The van der Waals surface area contributed by atoms with Crippen molar-refractivity contribution < 1.29 is 9.59 Å². The minimum atomic E-state index is -0.244. The fourth-order valence-corrected chi connectivity index (χ4v) is 3.63. The van der Waals surface area contributed by atoms with E-state index in [1.54, 1.807) is 21.9 Å². The van der Waals surface area contributed by atoms with E-state index < -0.39 is 0 Å². The molecule has 29 heavy (non-hydrogen) atoms. The summed E-state index contributed by atoms with van der Waals surface area (Å²) in [5.74, 6) is -0.433. The highest BCUT2D eigenvalue weighted by atomic mass is 35.5. The maximum Gasteiger partial charge on any atom is 0.274 e. The molecule has 0 N–H and O–H groups in total. The van der Waals surface area contributed by atoms with Crippen LogP contribution < -0.4 is 5.56 Å². The van der Waals surface area contributed by atoms with Crippen molar-refractivity contribution in [3.05, 3.63) is 62.0 Å². The third-order valence-electron chi connectivity index (χ3n) is 4.82. The predicted octanol–water partition coefficient (Wildman–Crippen LogP) is 2.95. The molecule has 0 saturated carbocycles. The largest absolute Gasteiger partial charge is 0.335 e. The molecule has 0 unspecified atom stereocenters. The van der Waals surface area contributed by atoms with E-state index in [1.807, 2.05) is 6.92 Å². The van der Waals surface area contributed by atoms with Gasteiger partial charge in [-0.3, -0.25) is 14.4 Å². The summed E-state index contributed by atoms with van der Waals surface area (Å²) in [6.45, 7) is 4.05. The first-order valence-corrected chi connectivity index (χ1v) is 10.3. The summed E-state index contributed by atoms with van der Waals surface area (Å²) in [7, 11) is 0. The number of hydrogen-bond acceptors (Lipinski definition) is 4. The zero-order valence-corrected chi connectivity index (χ0v) is 17.6. The number of piperazine rings is 1. The van der Waals surface area contributed by atoms with Crippen LogP contribution in [0.1, 0.15) is 40.6 Å². The molecule has 0 aliphatic carbocycles. The number of unbranched alkanes of at least 4 members (excludes halogenated alkanes) is 1. The van der Waals surface area contributed by atoms with Crippen LogP contribution in [0.15, 0.2) is 35.1 Å². The Kier molecular flexibility index (Phi) is 6.92. The van der Waals surface area contributed by atoms with Gasteiger partial charge < -0.3 is 9.80 Å². The first kappa shape index (κ1) is 21.3. The summed E-state index contributed by atoms with van der Waals surface area (Å²) >= 11 is 12.0. The van der Waals surface area contributed by atoms with E-state index in [1.165, 1.54) is 22.9 Å². The van der Waals surface area contributed by atoms with Crippen molar-refractivity contribution >= 4 is 35.0 Å². The molecule has 3 rings (SSSR count). The second-order valence-corrected chi connectivity index (χ2v) is 7.69. The normalized spacial score (nSPS) is 14.2. The molecule has 2 heterocycles. The lowest BCUT2D eigenvalue weighted by Gasteiger charge is -2.34. The standard InChI is InChI=1S/C20H22Cl2N4O3/c1-2-3-8-26-18(27)7-6-17(23-26)20(29)25-11-9-24(10-12-25)19(28)15-5-4-14(21)13-16(15)22/h4-7,13H,2-3,8-12H2,1H3. The van der Waals surface area contributed by atoms with Crippen LogP contribution in [0.2, 0.25) is 10.0 Å². The van der Waals surface area contributed by atoms with Gasteiger partial charge >= 0.3 is 0 Å². The Morgan fingerprint density at radius 3 is 2.28 bits per heavy atom. The van der Waals surface area contributed by atoms with Gasteiger partial charge in [0.2, 0.25) is 0 Å². The summed E-state index contributed by atoms with van der Waals surface area (Å²) < 4.78 is 1.33. The van der Waals surface area contributed by atoms with Crippen molar-refractivity contribution in [2.45, 2.75) is 26.3 Å². The number of hydrogen-bond donors (Lipinski definition) is 0. The molecule has 1 aromatic heterocycles. The Bertz CT molecular complexity index is 968. The first-order valence-electron chi connectivity index (χ1n) is 9.52. The quantitative estimate of drug-likeness (QED) is 0.721. The summed E-state index contributed by atoms with van der Waals surface area (Å²) in [4.78, 5) is 40.7. The smallest absolute Gasteiger partial charge is 0.274 e. The number of aromatic nitrogens is 2. The molecule has 0 bridgehead atoms. The molecule has 9 heteroatoms. The van der Waals surface area contributed by atoms with Gasteiger partial charge in [0.15, 0.2) is 0 Å². The number of benzene rings is 1. The Labute approximate surface area is 178 Å². The van der Waals surface area contributed by atoms with Gasteiger partial charge in [-0.25, -0.2) is 4.68 Å². The van der Waals surface area contributed by atoms with Crippen LogP contribution in [0.3, 0.4) is 0 Å². The molecule has 7 nitrogen and oxygen atoms in total. The molecular formula is C20H22Cl2N4O3. The predicted molar refractivity (Wildman–Crippen MR) is 112 cm³/mol. The molecular weight excluding hydrogens is 415 g/mol. The lowest BCUT2D eigenvalue weighted by molar-refractivity contribution is 0.0531. The monoisotopic (exact) mass is 436 g/mol. The topological polar surface area (TPSA) is 75.5 Å². The molecule has 1 fully saturated rings. The Hall–Kier alpha value is -2.38. The number of halogens is 2. The van der Waals surface area contributed by atoms with Crippen LogP contribution >= 0.6 is 23.2 Å². The van der Waals surface area contributed by atoms with E-state index in [2.05, 4.69) is 5.10 Å². The van der Waals surface area contributed by atoms with Gasteiger partial charge in [0.05, 0.1) is 10.6 Å². The maximum absolute atomic E-state index is 12.8. The van der Waals surface area contributed by atoms with Crippen molar-refractivity contribution in [2.24, 2.45) is 0 Å². The molecule has 0 atom stereocenters. The SMILES string of the molecule is CCCCn1nc(C(=O)N2CCN(C(=O)c3ccc(Cl)cc3Cl)CC2)ccc1=O. The average molecular weight is 437 g/mol. The number of nitrogens with zero attached hydrogens (tertiary/aromatic N) is 4. The fourth-order valence-electron chi connectivity index (χ4n) is 3.14. The molecule has 2 aromatic rings. The number of amides is 2. The minimum Gasteiger partial charge on any atom is -0.335 e. The van der Waals surface area contributed by atoms with Gasteiger partial charge in [-0.05, 0) is 30.7 Å². The molecule has 1 aliphatic heterocycles. The minimum absolute atomic E-state index is 0.190. The number of carbonyl (C=O) groups is 2.